The van der Waals surface area contributed by atoms with E-state index in [0.29, 0.717) is 27.2 Å². The maximum atomic E-state index is 13.1. The van der Waals surface area contributed by atoms with Gasteiger partial charge in [-0.3, -0.25) is 4.79 Å². The fourth-order valence-corrected chi connectivity index (χ4v) is 4.27. The summed E-state index contributed by atoms with van der Waals surface area (Å²) in [7, 11) is -3.94. The normalized spacial score (nSPS) is 11.6. The first-order chi connectivity index (χ1) is 12.7. The molecule has 0 unspecified atom stereocenters. The number of hydrogen-bond donors (Lipinski definition) is 1. The fourth-order valence-electron chi connectivity index (χ4n) is 2.30. The van der Waals surface area contributed by atoms with Crippen molar-refractivity contribution in [3.63, 3.8) is 0 Å². The summed E-state index contributed by atoms with van der Waals surface area (Å²) in [5, 5.41) is 3.87. The number of rotatable bonds is 8. The van der Waals surface area contributed by atoms with Crippen LogP contribution >= 0.6 is 34.8 Å². The minimum Gasteiger partial charge on any atom is -0.355 e. The van der Waals surface area contributed by atoms with Gasteiger partial charge >= 0.3 is 0 Å². The Morgan fingerprint density at radius 1 is 1.04 bits per heavy atom. The largest absolute Gasteiger partial charge is 0.355 e. The molecule has 0 bridgehead atoms. The molecule has 27 heavy (non-hydrogen) atoms. The van der Waals surface area contributed by atoms with E-state index in [2.05, 4.69) is 5.32 Å². The lowest BCUT2D eigenvalue weighted by Crippen LogP contribution is -2.40. The Balaban J connectivity index is 2.36. The van der Waals surface area contributed by atoms with Crippen molar-refractivity contribution in [2.24, 2.45) is 0 Å². The van der Waals surface area contributed by atoms with Crippen LogP contribution in [0.3, 0.4) is 0 Å². The monoisotopic (exact) mass is 448 g/mol. The van der Waals surface area contributed by atoms with Gasteiger partial charge in [-0.1, -0.05) is 47.8 Å². The lowest BCUT2D eigenvalue weighted by atomic mass is 10.2. The van der Waals surface area contributed by atoms with Crippen LogP contribution in [0.1, 0.15) is 18.9 Å². The molecule has 9 heteroatoms. The van der Waals surface area contributed by atoms with Crippen molar-refractivity contribution in [2.45, 2.75) is 24.8 Å². The van der Waals surface area contributed by atoms with Crippen LogP contribution in [0.4, 0.5) is 0 Å². The van der Waals surface area contributed by atoms with E-state index in [1.807, 2.05) is 6.92 Å². The number of carbonyl (C=O) groups is 1. The predicted octanol–water partition coefficient (Wildman–Crippen LogP) is 4.36. The topological polar surface area (TPSA) is 66.5 Å². The summed E-state index contributed by atoms with van der Waals surface area (Å²) in [5.41, 5.74) is 0.543. The Bertz CT molecular complexity index is 903. The standard InChI is InChI=1S/C18H19Cl3N2O3S/c1-2-9-22-18(24)12-23(11-13-3-4-15(20)10-17(13)21)27(25,26)16-7-5-14(19)6-8-16/h3-8,10H,2,9,11-12H2,1H3,(H,22,24). The summed E-state index contributed by atoms with van der Waals surface area (Å²) in [4.78, 5) is 12.2. The van der Waals surface area contributed by atoms with Gasteiger partial charge < -0.3 is 5.32 Å². The molecule has 2 aromatic rings. The van der Waals surface area contributed by atoms with Gasteiger partial charge in [-0.15, -0.1) is 0 Å². The Morgan fingerprint density at radius 2 is 1.67 bits per heavy atom. The molecule has 0 aliphatic heterocycles. The first-order valence-corrected chi connectivity index (χ1v) is 10.8. The minimum absolute atomic E-state index is 0.0419. The van der Waals surface area contributed by atoms with Gasteiger partial charge in [0.25, 0.3) is 0 Å². The quantitative estimate of drug-likeness (QED) is 0.651. The van der Waals surface area contributed by atoms with E-state index in [0.717, 1.165) is 10.7 Å². The van der Waals surface area contributed by atoms with Crippen molar-refractivity contribution in [1.29, 1.82) is 0 Å². The number of halogens is 3. The van der Waals surface area contributed by atoms with Crippen LogP contribution in [0.5, 0.6) is 0 Å². The number of benzene rings is 2. The zero-order valence-electron chi connectivity index (χ0n) is 14.6. The van der Waals surface area contributed by atoms with Crippen LogP contribution in [0.15, 0.2) is 47.4 Å². The summed E-state index contributed by atoms with van der Waals surface area (Å²) in [6.07, 6.45) is 0.749. The van der Waals surface area contributed by atoms with Gasteiger partial charge in [-0.05, 0) is 48.4 Å². The zero-order valence-corrected chi connectivity index (χ0v) is 17.7. The van der Waals surface area contributed by atoms with Crippen LogP contribution < -0.4 is 5.32 Å². The molecule has 1 N–H and O–H groups in total. The Morgan fingerprint density at radius 3 is 2.26 bits per heavy atom. The number of carbonyl (C=O) groups excluding carboxylic acids is 1. The van der Waals surface area contributed by atoms with Crippen molar-refractivity contribution >= 4 is 50.7 Å². The lowest BCUT2D eigenvalue weighted by Gasteiger charge is -2.22. The molecule has 5 nitrogen and oxygen atoms in total. The maximum absolute atomic E-state index is 13.1. The smallest absolute Gasteiger partial charge is 0.243 e. The number of nitrogens with one attached hydrogen (secondary N) is 1. The second-order valence-corrected chi connectivity index (χ2v) is 9.03. The van der Waals surface area contributed by atoms with Crippen LogP contribution in [-0.4, -0.2) is 31.7 Å². The molecule has 0 aliphatic rings. The molecule has 0 saturated heterocycles. The molecule has 0 heterocycles. The highest BCUT2D eigenvalue weighted by Crippen LogP contribution is 2.25. The van der Waals surface area contributed by atoms with Crippen molar-refractivity contribution in [3.05, 3.63) is 63.1 Å². The summed E-state index contributed by atoms with van der Waals surface area (Å²) >= 11 is 17.9. The molecule has 2 aromatic carbocycles. The Kier molecular flexibility index (Phi) is 7.94. The lowest BCUT2D eigenvalue weighted by molar-refractivity contribution is -0.121. The highest BCUT2D eigenvalue weighted by Gasteiger charge is 2.27. The van der Waals surface area contributed by atoms with Crippen LogP contribution in [0, 0.1) is 0 Å². The summed E-state index contributed by atoms with van der Waals surface area (Å²) in [5.74, 6) is -0.389. The van der Waals surface area contributed by atoms with E-state index in [9.17, 15) is 13.2 Å². The third-order valence-electron chi connectivity index (χ3n) is 3.71. The molecular formula is C18H19Cl3N2O3S. The molecular weight excluding hydrogens is 431 g/mol. The average molecular weight is 450 g/mol. The van der Waals surface area contributed by atoms with Crippen molar-refractivity contribution in [3.8, 4) is 0 Å². The van der Waals surface area contributed by atoms with E-state index < -0.39 is 10.0 Å². The fraction of sp³-hybridized carbons (Fsp3) is 0.278. The second kappa shape index (κ2) is 9.75. The molecule has 0 atom stereocenters. The summed E-state index contributed by atoms with van der Waals surface area (Å²) in [6.45, 7) is 1.98. The van der Waals surface area contributed by atoms with Crippen molar-refractivity contribution in [1.82, 2.24) is 9.62 Å². The number of hydrogen-bond acceptors (Lipinski definition) is 3. The SMILES string of the molecule is CCCNC(=O)CN(Cc1ccc(Cl)cc1Cl)S(=O)(=O)c1ccc(Cl)cc1. The van der Waals surface area contributed by atoms with Gasteiger partial charge in [0.1, 0.15) is 0 Å². The number of nitrogens with zero attached hydrogens (tertiary/aromatic N) is 1. The highest BCUT2D eigenvalue weighted by molar-refractivity contribution is 7.89. The summed E-state index contributed by atoms with van der Waals surface area (Å²) in [6, 6.07) is 10.6. The molecule has 0 spiro atoms. The Labute approximate surface area is 174 Å². The van der Waals surface area contributed by atoms with Gasteiger partial charge in [0.15, 0.2) is 0 Å². The van der Waals surface area contributed by atoms with Crippen LogP contribution in [0.2, 0.25) is 15.1 Å². The first-order valence-electron chi connectivity index (χ1n) is 8.20. The predicted molar refractivity (Wildman–Crippen MR) is 109 cm³/mol. The minimum atomic E-state index is -3.94. The molecule has 0 aromatic heterocycles. The Hall–Kier alpha value is -1.31. The average Bonchev–Trinajstić information content (AvgIpc) is 2.61. The van der Waals surface area contributed by atoms with Gasteiger partial charge in [0, 0.05) is 28.2 Å². The van der Waals surface area contributed by atoms with E-state index in [1.165, 1.54) is 30.3 Å². The van der Waals surface area contributed by atoms with Crippen molar-refractivity contribution < 1.29 is 13.2 Å². The van der Waals surface area contributed by atoms with Gasteiger partial charge in [0.05, 0.1) is 11.4 Å². The van der Waals surface area contributed by atoms with E-state index in [-0.39, 0.29) is 23.9 Å². The molecule has 0 aliphatic carbocycles. The number of sulfonamides is 1. The van der Waals surface area contributed by atoms with E-state index in [4.69, 9.17) is 34.8 Å². The van der Waals surface area contributed by atoms with Gasteiger partial charge in [0.2, 0.25) is 15.9 Å². The first kappa shape index (κ1) is 22.0. The van der Waals surface area contributed by atoms with E-state index in [1.54, 1.807) is 12.1 Å². The molecule has 2 rings (SSSR count). The highest BCUT2D eigenvalue weighted by atomic mass is 35.5. The third kappa shape index (κ3) is 6.09. The van der Waals surface area contributed by atoms with Crippen molar-refractivity contribution in [2.75, 3.05) is 13.1 Å². The third-order valence-corrected chi connectivity index (χ3v) is 6.35. The van der Waals surface area contributed by atoms with Crippen LogP contribution in [-0.2, 0) is 21.4 Å². The number of amides is 1. The second-order valence-electron chi connectivity index (χ2n) is 5.81. The van der Waals surface area contributed by atoms with Gasteiger partial charge in [-0.2, -0.15) is 4.31 Å². The maximum Gasteiger partial charge on any atom is 0.243 e. The zero-order chi connectivity index (χ0) is 20.0. The van der Waals surface area contributed by atoms with Gasteiger partial charge in [-0.25, -0.2) is 8.42 Å². The van der Waals surface area contributed by atoms with E-state index >= 15 is 0 Å². The molecule has 1 amide bonds. The molecule has 0 fully saturated rings. The van der Waals surface area contributed by atoms with Crippen LogP contribution in [0.25, 0.3) is 0 Å². The molecule has 0 saturated carbocycles. The summed E-state index contributed by atoms with van der Waals surface area (Å²) < 4.78 is 27.2. The molecule has 146 valence electrons. The molecule has 0 radical (unpaired) electrons.